The standard InChI is InChI=1S/C6H8N2O.C6H6O3S/c7-6(9)8-4-2-1-3-5-8;7-10(8,9)6-4-2-1-3-5-6/h1-4H,5H2,(H2,7,9);1-5H,(H,7,8,9). The molecule has 0 saturated heterocycles. The van der Waals surface area contributed by atoms with E-state index in [1.54, 1.807) is 30.5 Å². The fourth-order valence-electron chi connectivity index (χ4n) is 1.22. The smallest absolute Gasteiger partial charge is 0.319 e. The highest BCUT2D eigenvalue weighted by molar-refractivity contribution is 7.85. The molecule has 2 rings (SSSR count). The van der Waals surface area contributed by atoms with Gasteiger partial charge in [-0.3, -0.25) is 9.45 Å². The molecule has 2 amide bonds. The topological polar surface area (TPSA) is 101 Å². The quantitative estimate of drug-likeness (QED) is 0.760. The maximum absolute atomic E-state index is 10.4. The van der Waals surface area contributed by atoms with Crippen molar-refractivity contribution in [2.24, 2.45) is 5.73 Å². The molecular formula is C12H14N2O4S. The molecule has 0 aromatic heterocycles. The van der Waals surface area contributed by atoms with Crippen molar-refractivity contribution in [2.75, 3.05) is 6.54 Å². The average Bonchev–Trinajstić information content (AvgIpc) is 2.40. The third-order valence-corrected chi connectivity index (χ3v) is 3.01. The molecule has 0 radical (unpaired) electrons. The number of carbonyl (C=O) groups excluding carboxylic acids is 1. The zero-order valence-electron chi connectivity index (χ0n) is 10.0. The predicted octanol–water partition coefficient (Wildman–Crippen LogP) is 1.38. The van der Waals surface area contributed by atoms with Crippen LogP contribution in [-0.4, -0.2) is 30.4 Å². The molecule has 0 fully saturated rings. The summed E-state index contributed by atoms with van der Waals surface area (Å²) >= 11 is 0. The molecule has 102 valence electrons. The molecule has 0 aliphatic carbocycles. The van der Waals surface area contributed by atoms with Crippen LogP contribution in [0.5, 0.6) is 0 Å². The lowest BCUT2D eigenvalue weighted by Crippen LogP contribution is -2.31. The summed E-state index contributed by atoms with van der Waals surface area (Å²) < 4.78 is 29.2. The van der Waals surface area contributed by atoms with E-state index in [-0.39, 0.29) is 4.90 Å². The van der Waals surface area contributed by atoms with E-state index in [2.05, 4.69) is 0 Å². The lowest BCUT2D eigenvalue weighted by Gasteiger charge is -2.14. The molecule has 1 aromatic rings. The number of rotatable bonds is 1. The first-order chi connectivity index (χ1) is 8.91. The second-order valence-corrected chi connectivity index (χ2v) is 4.97. The molecule has 1 aliphatic heterocycles. The first-order valence-electron chi connectivity index (χ1n) is 5.33. The summed E-state index contributed by atoms with van der Waals surface area (Å²) in [5, 5.41) is 0. The second kappa shape index (κ2) is 6.72. The fourth-order valence-corrected chi connectivity index (χ4v) is 1.72. The van der Waals surface area contributed by atoms with Crippen LogP contribution in [0, 0.1) is 0 Å². The third kappa shape index (κ3) is 5.36. The minimum absolute atomic E-state index is 0.0741. The van der Waals surface area contributed by atoms with Crippen molar-refractivity contribution in [3.63, 3.8) is 0 Å². The molecule has 1 aliphatic rings. The number of hydrogen-bond acceptors (Lipinski definition) is 3. The first kappa shape index (κ1) is 14.9. The van der Waals surface area contributed by atoms with Crippen LogP contribution in [0.2, 0.25) is 0 Å². The molecule has 0 spiro atoms. The van der Waals surface area contributed by atoms with Crippen LogP contribution in [0.15, 0.2) is 59.7 Å². The largest absolute Gasteiger partial charge is 0.351 e. The van der Waals surface area contributed by atoms with Gasteiger partial charge in [0.15, 0.2) is 0 Å². The van der Waals surface area contributed by atoms with Crippen LogP contribution >= 0.6 is 0 Å². The molecule has 0 saturated carbocycles. The van der Waals surface area contributed by atoms with Gasteiger partial charge >= 0.3 is 6.03 Å². The summed E-state index contributed by atoms with van der Waals surface area (Å²) in [7, 11) is -4.00. The van der Waals surface area contributed by atoms with Crippen molar-refractivity contribution in [2.45, 2.75) is 4.90 Å². The van der Waals surface area contributed by atoms with Crippen LogP contribution in [-0.2, 0) is 10.1 Å². The number of primary amides is 1. The summed E-state index contributed by atoms with van der Waals surface area (Å²) in [4.78, 5) is 11.8. The Kier molecular flexibility index (Phi) is 5.28. The summed E-state index contributed by atoms with van der Waals surface area (Å²) in [6.45, 7) is 0.589. The van der Waals surface area contributed by atoms with Gasteiger partial charge in [-0.15, -0.1) is 0 Å². The van der Waals surface area contributed by atoms with E-state index in [9.17, 15) is 13.2 Å². The first-order valence-corrected chi connectivity index (χ1v) is 6.77. The van der Waals surface area contributed by atoms with Gasteiger partial charge in [0.05, 0.1) is 4.90 Å². The number of allylic oxidation sites excluding steroid dienone is 2. The fraction of sp³-hybridized carbons (Fsp3) is 0.0833. The van der Waals surface area contributed by atoms with Gasteiger partial charge in [-0.25, -0.2) is 4.79 Å². The van der Waals surface area contributed by atoms with Crippen molar-refractivity contribution in [3.8, 4) is 0 Å². The summed E-state index contributed by atoms with van der Waals surface area (Å²) in [5.74, 6) is 0. The van der Waals surface area contributed by atoms with Crippen LogP contribution in [0.1, 0.15) is 0 Å². The molecule has 1 heterocycles. The highest BCUT2D eigenvalue weighted by Crippen LogP contribution is 2.05. The highest BCUT2D eigenvalue weighted by Gasteiger charge is 2.05. The monoisotopic (exact) mass is 282 g/mol. The van der Waals surface area contributed by atoms with E-state index in [0.717, 1.165) is 0 Å². The number of amides is 2. The molecule has 0 atom stereocenters. The van der Waals surface area contributed by atoms with Gasteiger partial charge in [0.1, 0.15) is 0 Å². The summed E-state index contributed by atoms with van der Waals surface area (Å²) in [6.07, 6.45) is 7.17. The van der Waals surface area contributed by atoms with Crippen LogP contribution in [0.25, 0.3) is 0 Å². The van der Waals surface area contributed by atoms with Gasteiger partial charge in [0, 0.05) is 12.7 Å². The molecule has 6 nitrogen and oxygen atoms in total. The lowest BCUT2D eigenvalue weighted by molar-refractivity contribution is 0.228. The number of urea groups is 1. The van der Waals surface area contributed by atoms with E-state index in [4.69, 9.17) is 10.3 Å². The molecule has 3 N–H and O–H groups in total. The summed E-state index contributed by atoms with van der Waals surface area (Å²) in [5.41, 5.74) is 4.97. The lowest BCUT2D eigenvalue weighted by atomic mass is 10.4. The van der Waals surface area contributed by atoms with Gasteiger partial charge in [0.25, 0.3) is 10.1 Å². The van der Waals surface area contributed by atoms with E-state index in [1.807, 2.05) is 12.2 Å². The SMILES string of the molecule is NC(=O)N1C=CC=CC1.O=S(=O)(O)c1ccccc1. The zero-order valence-corrected chi connectivity index (χ0v) is 10.8. The Morgan fingerprint density at radius 1 is 1.21 bits per heavy atom. The number of carbonyl (C=O) groups is 1. The normalized spacial score (nSPS) is 13.6. The minimum atomic E-state index is -4.00. The van der Waals surface area contributed by atoms with E-state index < -0.39 is 16.1 Å². The Balaban J connectivity index is 0.000000191. The molecule has 7 heteroatoms. The van der Waals surface area contributed by atoms with E-state index in [1.165, 1.54) is 17.0 Å². The van der Waals surface area contributed by atoms with E-state index in [0.29, 0.717) is 6.54 Å². The second-order valence-electron chi connectivity index (χ2n) is 3.55. The Hall–Kier alpha value is -2.12. The Bertz CT molecular complexity index is 579. The Labute approximate surface area is 111 Å². The summed E-state index contributed by atoms with van der Waals surface area (Å²) in [6, 6.07) is 7.02. The van der Waals surface area contributed by atoms with Crippen molar-refractivity contribution >= 4 is 16.1 Å². The molecule has 1 aromatic carbocycles. The van der Waals surface area contributed by atoms with Gasteiger partial charge < -0.3 is 5.73 Å². The van der Waals surface area contributed by atoms with Crippen molar-refractivity contribution in [1.82, 2.24) is 4.90 Å². The number of nitrogens with zero attached hydrogens (tertiary/aromatic N) is 1. The predicted molar refractivity (Wildman–Crippen MR) is 70.8 cm³/mol. The number of nitrogens with two attached hydrogens (primary N) is 1. The highest BCUT2D eigenvalue weighted by atomic mass is 32.2. The van der Waals surface area contributed by atoms with Gasteiger partial charge in [-0.2, -0.15) is 8.42 Å². The maximum Gasteiger partial charge on any atom is 0.319 e. The van der Waals surface area contributed by atoms with Crippen LogP contribution in [0.3, 0.4) is 0 Å². The van der Waals surface area contributed by atoms with Crippen molar-refractivity contribution < 1.29 is 17.8 Å². The number of benzene rings is 1. The van der Waals surface area contributed by atoms with E-state index >= 15 is 0 Å². The molecular weight excluding hydrogens is 268 g/mol. The van der Waals surface area contributed by atoms with Crippen molar-refractivity contribution in [1.29, 1.82) is 0 Å². The van der Waals surface area contributed by atoms with Gasteiger partial charge in [-0.1, -0.05) is 30.4 Å². The third-order valence-electron chi connectivity index (χ3n) is 2.14. The van der Waals surface area contributed by atoms with Gasteiger partial charge in [-0.05, 0) is 18.2 Å². The van der Waals surface area contributed by atoms with Crippen molar-refractivity contribution in [3.05, 3.63) is 54.8 Å². The molecule has 0 unspecified atom stereocenters. The zero-order chi connectivity index (χ0) is 14.3. The Morgan fingerprint density at radius 3 is 2.16 bits per heavy atom. The maximum atomic E-state index is 10.4. The van der Waals surface area contributed by atoms with Crippen LogP contribution in [0.4, 0.5) is 4.79 Å². The average molecular weight is 282 g/mol. The Morgan fingerprint density at radius 2 is 1.84 bits per heavy atom. The minimum Gasteiger partial charge on any atom is -0.351 e. The number of hydrogen-bond donors (Lipinski definition) is 2. The van der Waals surface area contributed by atoms with Gasteiger partial charge in [0.2, 0.25) is 0 Å². The molecule has 19 heavy (non-hydrogen) atoms. The molecule has 0 bridgehead atoms. The van der Waals surface area contributed by atoms with Crippen LogP contribution < -0.4 is 5.73 Å².